The SMILES string of the molecule is CC(=O)OC/C=C(\CO[Si](c1ccccc1)(c1ccccc1)C(C)(C)C)c1ccccc1. The van der Waals surface area contributed by atoms with Crippen molar-refractivity contribution in [3.63, 3.8) is 0 Å². The van der Waals surface area contributed by atoms with E-state index in [1.165, 1.54) is 17.3 Å². The Morgan fingerprint density at radius 1 is 0.812 bits per heavy atom. The van der Waals surface area contributed by atoms with Gasteiger partial charge in [0, 0.05) is 6.92 Å². The molecule has 0 fully saturated rings. The van der Waals surface area contributed by atoms with Crippen LogP contribution in [0.1, 0.15) is 33.3 Å². The van der Waals surface area contributed by atoms with Crippen molar-refractivity contribution in [2.24, 2.45) is 0 Å². The minimum absolute atomic E-state index is 0.104. The third-order valence-electron chi connectivity index (χ3n) is 5.62. The van der Waals surface area contributed by atoms with Crippen molar-refractivity contribution in [3.05, 3.63) is 103 Å². The van der Waals surface area contributed by atoms with Gasteiger partial charge in [-0.1, -0.05) is 112 Å². The van der Waals surface area contributed by atoms with Crippen LogP contribution >= 0.6 is 0 Å². The van der Waals surface area contributed by atoms with Gasteiger partial charge in [0.1, 0.15) is 6.61 Å². The number of carbonyl (C=O) groups excluding carboxylic acids is 1. The van der Waals surface area contributed by atoms with E-state index < -0.39 is 8.32 Å². The monoisotopic (exact) mass is 444 g/mol. The van der Waals surface area contributed by atoms with Gasteiger partial charge in [0.15, 0.2) is 0 Å². The van der Waals surface area contributed by atoms with Crippen molar-refractivity contribution < 1.29 is 14.0 Å². The molecule has 0 aliphatic carbocycles. The lowest BCUT2D eigenvalue weighted by atomic mass is 10.1. The largest absolute Gasteiger partial charge is 0.462 e. The van der Waals surface area contributed by atoms with E-state index >= 15 is 0 Å². The van der Waals surface area contributed by atoms with Gasteiger partial charge in [-0.3, -0.25) is 4.79 Å². The topological polar surface area (TPSA) is 35.5 Å². The highest BCUT2D eigenvalue weighted by Gasteiger charge is 2.50. The molecule has 166 valence electrons. The van der Waals surface area contributed by atoms with Gasteiger partial charge in [0.25, 0.3) is 8.32 Å². The molecule has 0 spiro atoms. The van der Waals surface area contributed by atoms with Gasteiger partial charge in [0.05, 0.1) is 6.61 Å². The summed E-state index contributed by atoms with van der Waals surface area (Å²) in [5.41, 5.74) is 2.08. The Bertz CT molecular complexity index is 983. The molecule has 3 aromatic carbocycles. The summed E-state index contributed by atoms with van der Waals surface area (Å²) < 4.78 is 12.3. The Kier molecular flexibility index (Phi) is 7.83. The smallest absolute Gasteiger partial charge is 0.302 e. The molecule has 0 heterocycles. The number of hydrogen-bond acceptors (Lipinski definition) is 3. The number of carbonyl (C=O) groups is 1. The van der Waals surface area contributed by atoms with Crippen LogP contribution in [-0.4, -0.2) is 27.5 Å². The molecule has 0 aromatic heterocycles. The fourth-order valence-corrected chi connectivity index (χ4v) is 8.65. The Balaban J connectivity index is 2.06. The Morgan fingerprint density at radius 3 is 1.72 bits per heavy atom. The molecule has 0 atom stereocenters. The van der Waals surface area contributed by atoms with Crippen LogP contribution in [0.15, 0.2) is 97.1 Å². The van der Waals surface area contributed by atoms with Gasteiger partial charge >= 0.3 is 5.97 Å². The highest BCUT2D eigenvalue weighted by Crippen LogP contribution is 2.37. The predicted octanol–water partition coefficient (Wildman–Crippen LogP) is 5.21. The normalized spacial score (nSPS) is 12.4. The molecule has 3 nitrogen and oxygen atoms in total. The molecular formula is C28H32O3Si. The lowest BCUT2D eigenvalue weighted by molar-refractivity contribution is -0.139. The standard InChI is InChI=1S/C28H32O3Si/c1-23(29)30-21-20-25(24-14-8-5-9-15-24)22-31-32(28(2,3)4,26-16-10-6-11-17-26)27-18-12-7-13-19-27/h5-20H,21-22H2,1-4H3/b25-20+. The molecule has 32 heavy (non-hydrogen) atoms. The first-order valence-electron chi connectivity index (χ1n) is 11.0. The summed E-state index contributed by atoms with van der Waals surface area (Å²) in [5.74, 6) is -0.290. The summed E-state index contributed by atoms with van der Waals surface area (Å²) in [5, 5.41) is 2.38. The first-order valence-corrected chi connectivity index (χ1v) is 12.9. The molecule has 0 unspecified atom stereocenters. The Morgan fingerprint density at radius 2 is 1.28 bits per heavy atom. The molecule has 0 saturated carbocycles. The maximum absolute atomic E-state index is 11.3. The maximum Gasteiger partial charge on any atom is 0.302 e. The van der Waals surface area contributed by atoms with Gasteiger partial charge in [-0.25, -0.2) is 0 Å². The lowest BCUT2D eigenvalue weighted by Crippen LogP contribution is -2.66. The number of benzene rings is 3. The Labute approximate surface area is 192 Å². The molecule has 0 amide bonds. The van der Waals surface area contributed by atoms with Gasteiger partial charge in [-0.2, -0.15) is 0 Å². The second-order valence-corrected chi connectivity index (χ2v) is 13.2. The molecular weight excluding hydrogens is 412 g/mol. The van der Waals surface area contributed by atoms with Crippen LogP contribution in [0.5, 0.6) is 0 Å². The second kappa shape index (κ2) is 10.6. The van der Waals surface area contributed by atoms with E-state index in [-0.39, 0.29) is 17.6 Å². The van der Waals surface area contributed by atoms with E-state index in [0.29, 0.717) is 6.61 Å². The highest BCUT2D eigenvalue weighted by molar-refractivity contribution is 6.99. The quantitative estimate of drug-likeness (QED) is 0.353. The first-order chi connectivity index (χ1) is 15.3. The summed E-state index contributed by atoms with van der Waals surface area (Å²) in [4.78, 5) is 11.3. The minimum Gasteiger partial charge on any atom is -0.462 e. The summed E-state index contributed by atoms with van der Waals surface area (Å²) in [6.45, 7) is 8.88. The first kappa shape index (κ1) is 23.7. The molecule has 4 heteroatoms. The fourth-order valence-electron chi connectivity index (χ4n) is 4.12. The van der Waals surface area contributed by atoms with Crippen molar-refractivity contribution in [1.29, 1.82) is 0 Å². The Hall–Kier alpha value is -2.95. The molecule has 0 saturated heterocycles. The average Bonchev–Trinajstić information content (AvgIpc) is 2.79. The molecule has 0 aliphatic rings. The van der Waals surface area contributed by atoms with E-state index in [0.717, 1.165) is 11.1 Å². The van der Waals surface area contributed by atoms with Crippen LogP contribution in [0, 0.1) is 0 Å². The van der Waals surface area contributed by atoms with Crippen LogP contribution in [0.3, 0.4) is 0 Å². The number of esters is 1. The summed E-state index contributed by atoms with van der Waals surface area (Å²) in [6.07, 6.45) is 1.95. The highest BCUT2D eigenvalue weighted by atomic mass is 28.4. The van der Waals surface area contributed by atoms with Crippen molar-refractivity contribution >= 4 is 30.2 Å². The fraction of sp³-hybridized carbons (Fsp3) is 0.250. The van der Waals surface area contributed by atoms with Gasteiger partial charge in [-0.05, 0) is 32.6 Å². The average molecular weight is 445 g/mol. The summed E-state index contributed by atoms with van der Waals surface area (Å²) in [6, 6.07) is 31.3. The third-order valence-corrected chi connectivity index (χ3v) is 10.6. The van der Waals surface area contributed by atoms with Crippen molar-refractivity contribution in [3.8, 4) is 0 Å². The van der Waals surface area contributed by atoms with Crippen molar-refractivity contribution in [2.45, 2.75) is 32.7 Å². The van der Waals surface area contributed by atoms with Crippen LogP contribution in [0.25, 0.3) is 5.57 Å². The van der Waals surface area contributed by atoms with Gasteiger partial charge in [-0.15, -0.1) is 0 Å². The van der Waals surface area contributed by atoms with Crippen molar-refractivity contribution in [1.82, 2.24) is 0 Å². The lowest BCUT2D eigenvalue weighted by Gasteiger charge is -2.43. The van der Waals surface area contributed by atoms with Crippen LogP contribution < -0.4 is 10.4 Å². The van der Waals surface area contributed by atoms with Crippen LogP contribution in [0.2, 0.25) is 5.04 Å². The van der Waals surface area contributed by atoms with E-state index in [4.69, 9.17) is 9.16 Å². The molecule has 0 bridgehead atoms. The summed E-state index contributed by atoms with van der Waals surface area (Å²) in [7, 11) is -2.65. The van der Waals surface area contributed by atoms with Crippen LogP contribution in [-0.2, 0) is 14.0 Å². The van der Waals surface area contributed by atoms with Gasteiger partial charge in [0.2, 0.25) is 0 Å². The molecule has 0 aliphatic heterocycles. The van der Waals surface area contributed by atoms with Crippen LogP contribution in [0.4, 0.5) is 0 Å². The van der Waals surface area contributed by atoms with E-state index in [1.807, 2.05) is 36.4 Å². The molecule has 0 radical (unpaired) electrons. The predicted molar refractivity (Wildman–Crippen MR) is 135 cm³/mol. The number of ether oxygens (including phenoxy) is 1. The maximum atomic E-state index is 11.3. The molecule has 0 N–H and O–H groups in total. The van der Waals surface area contributed by atoms with E-state index in [2.05, 4.69) is 81.4 Å². The number of rotatable bonds is 8. The third kappa shape index (κ3) is 5.45. The zero-order valence-electron chi connectivity index (χ0n) is 19.4. The zero-order valence-corrected chi connectivity index (χ0v) is 20.4. The van der Waals surface area contributed by atoms with Gasteiger partial charge < -0.3 is 9.16 Å². The molecule has 3 aromatic rings. The van der Waals surface area contributed by atoms with Crippen molar-refractivity contribution in [2.75, 3.05) is 13.2 Å². The summed E-state index contributed by atoms with van der Waals surface area (Å²) >= 11 is 0. The minimum atomic E-state index is -2.65. The second-order valence-electron chi connectivity index (χ2n) is 8.85. The number of hydrogen-bond donors (Lipinski definition) is 0. The van der Waals surface area contributed by atoms with E-state index in [1.54, 1.807) is 0 Å². The zero-order chi connectivity index (χ0) is 23.0. The van der Waals surface area contributed by atoms with E-state index in [9.17, 15) is 4.79 Å². The molecule has 3 rings (SSSR count).